The van der Waals surface area contributed by atoms with Crippen LogP contribution in [0.5, 0.6) is 11.5 Å². The van der Waals surface area contributed by atoms with E-state index in [1.807, 2.05) is 38.1 Å². The van der Waals surface area contributed by atoms with Crippen molar-refractivity contribution in [3.05, 3.63) is 83.9 Å². The van der Waals surface area contributed by atoms with Crippen molar-refractivity contribution in [2.75, 3.05) is 30.6 Å². The SMILES string of the molecule is CCCNC(=O)[C@H](C)N(Cc1ccc(C)cc1)C(=O)CN(c1ccc2c(c1)OCCO2)S(=O)(=O)c1ccccc1. The molecule has 0 saturated carbocycles. The lowest BCUT2D eigenvalue weighted by atomic mass is 10.1. The summed E-state index contributed by atoms with van der Waals surface area (Å²) in [5.74, 6) is 0.0714. The monoisotopic (exact) mass is 565 g/mol. The second-order valence-corrected chi connectivity index (χ2v) is 11.5. The molecule has 212 valence electrons. The van der Waals surface area contributed by atoms with Gasteiger partial charge in [0.1, 0.15) is 25.8 Å². The molecule has 40 heavy (non-hydrogen) atoms. The number of anilines is 1. The Bertz CT molecular complexity index is 1430. The maximum Gasteiger partial charge on any atom is 0.264 e. The number of carbonyl (C=O) groups excluding carboxylic acids is 2. The quantitative estimate of drug-likeness (QED) is 0.378. The Kier molecular flexibility index (Phi) is 9.31. The molecule has 0 fully saturated rings. The van der Waals surface area contributed by atoms with E-state index in [1.54, 1.807) is 43.3 Å². The normalized spacial score (nSPS) is 13.3. The number of nitrogens with zero attached hydrogens (tertiary/aromatic N) is 2. The molecule has 1 atom stereocenters. The molecule has 0 radical (unpaired) electrons. The largest absolute Gasteiger partial charge is 0.486 e. The third-order valence-corrected chi connectivity index (χ3v) is 8.40. The number of aryl methyl sites for hydroxylation is 1. The number of hydrogen-bond donors (Lipinski definition) is 1. The third kappa shape index (κ3) is 6.74. The van der Waals surface area contributed by atoms with Gasteiger partial charge in [-0.2, -0.15) is 0 Å². The van der Waals surface area contributed by atoms with E-state index in [-0.39, 0.29) is 23.0 Å². The van der Waals surface area contributed by atoms with Gasteiger partial charge in [0, 0.05) is 19.2 Å². The van der Waals surface area contributed by atoms with Gasteiger partial charge >= 0.3 is 0 Å². The molecule has 2 amide bonds. The standard InChI is InChI=1S/C30H35N3O6S/c1-4-16-31-30(35)23(3)32(20-24-12-10-22(2)11-13-24)29(34)21-33(40(36,37)26-8-6-5-7-9-26)25-14-15-27-28(19-25)39-18-17-38-27/h5-15,19,23H,4,16-18,20-21H2,1-3H3,(H,31,35)/t23-/m0/s1. The average molecular weight is 566 g/mol. The number of sulfonamides is 1. The number of amides is 2. The van der Waals surface area contributed by atoms with Crippen molar-refractivity contribution in [2.24, 2.45) is 0 Å². The van der Waals surface area contributed by atoms with Gasteiger partial charge in [0.2, 0.25) is 11.8 Å². The van der Waals surface area contributed by atoms with Crippen LogP contribution < -0.4 is 19.1 Å². The van der Waals surface area contributed by atoms with Gasteiger partial charge in [-0.3, -0.25) is 13.9 Å². The van der Waals surface area contributed by atoms with Crippen LogP contribution in [0.3, 0.4) is 0 Å². The number of ether oxygens (including phenoxy) is 2. The molecule has 9 nitrogen and oxygen atoms in total. The highest BCUT2D eigenvalue weighted by Gasteiger charge is 2.33. The van der Waals surface area contributed by atoms with Crippen LogP contribution in [-0.4, -0.2) is 57.5 Å². The molecule has 0 unspecified atom stereocenters. The average Bonchev–Trinajstić information content (AvgIpc) is 2.98. The van der Waals surface area contributed by atoms with E-state index in [1.165, 1.54) is 17.0 Å². The lowest BCUT2D eigenvalue weighted by molar-refractivity contribution is -0.139. The second-order valence-electron chi connectivity index (χ2n) is 9.63. The van der Waals surface area contributed by atoms with E-state index in [9.17, 15) is 18.0 Å². The summed E-state index contributed by atoms with van der Waals surface area (Å²) in [5, 5.41) is 2.84. The molecule has 0 bridgehead atoms. The number of hydrogen-bond acceptors (Lipinski definition) is 6. The molecule has 0 aliphatic carbocycles. The van der Waals surface area contributed by atoms with Gasteiger partial charge in [0.05, 0.1) is 10.6 Å². The van der Waals surface area contributed by atoms with Gasteiger partial charge in [0.15, 0.2) is 11.5 Å². The fourth-order valence-electron chi connectivity index (χ4n) is 4.30. The minimum absolute atomic E-state index is 0.0384. The van der Waals surface area contributed by atoms with E-state index in [0.29, 0.717) is 31.3 Å². The van der Waals surface area contributed by atoms with Crippen LogP contribution >= 0.6 is 0 Å². The van der Waals surface area contributed by atoms with Crippen molar-refractivity contribution in [1.29, 1.82) is 0 Å². The van der Waals surface area contributed by atoms with Crippen molar-refractivity contribution < 1.29 is 27.5 Å². The van der Waals surface area contributed by atoms with Crippen molar-refractivity contribution in [2.45, 2.75) is 44.7 Å². The summed E-state index contributed by atoms with van der Waals surface area (Å²) in [4.78, 5) is 28.4. The number of rotatable bonds is 11. The predicted molar refractivity (Wildman–Crippen MR) is 153 cm³/mol. The Balaban J connectivity index is 1.71. The fraction of sp³-hybridized carbons (Fsp3) is 0.333. The Labute approximate surface area is 235 Å². The Morgan fingerprint density at radius 3 is 2.30 bits per heavy atom. The smallest absolute Gasteiger partial charge is 0.264 e. The molecular weight excluding hydrogens is 530 g/mol. The molecule has 0 spiro atoms. The molecule has 1 N–H and O–H groups in total. The van der Waals surface area contributed by atoms with E-state index < -0.39 is 28.5 Å². The number of carbonyl (C=O) groups is 2. The van der Waals surface area contributed by atoms with Crippen molar-refractivity contribution in [1.82, 2.24) is 10.2 Å². The van der Waals surface area contributed by atoms with Gasteiger partial charge < -0.3 is 19.7 Å². The minimum Gasteiger partial charge on any atom is -0.486 e. The first-order valence-electron chi connectivity index (χ1n) is 13.3. The summed E-state index contributed by atoms with van der Waals surface area (Å²) < 4.78 is 40.2. The fourth-order valence-corrected chi connectivity index (χ4v) is 5.73. The molecule has 10 heteroatoms. The van der Waals surface area contributed by atoms with Crippen molar-refractivity contribution in [3.63, 3.8) is 0 Å². The minimum atomic E-state index is -4.16. The Morgan fingerprint density at radius 2 is 1.62 bits per heavy atom. The van der Waals surface area contributed by atoms with Gasteiger partial charge in [-0.25, -0.2) is 8.42 Å². The first kappa shape index (κ1) is 28.9. The molecule has 0 aromatic heterocycles. The summed E-state index contributed by atoms with van der Waals surface area (Å²) in [6.07, 6.45) is 0.748. The van der Waals surface area contributed by atoms with Crippen LogP contribution in [0.25, 0.3) is 0 Å². The van der Waals surface area contributed by atoms with Crippen molar-refractivity contribution >= 4 is 27.5 Å². The van der Waals surface area contributed by atoms with Crippen LogP contribution in [0.2, 0.25) is 0 Å². The van der Waals surface area contributed by atoms with E-state index in [0.717, 1.165) is 21.9 Å². The summed E-state index contributed by atoms with van der Waals surface area (Å²) in [7, 11) is -4.16. The molecule has 1 aliphatic heterocycles. The zero-order valence-electron chi connectivity index (χ0n) is 23.0. The van der Waals surface area contributed by atoms with E-state index in [4.69, 9.17) is 9.47 Å². The molecule has 3 aromatic carbocycles. The molecule has 1 aliphatic rings. The number of benzene rings is 3. The summed E-state index contributed by atoms with van der Waals surface area (Å²) >= 11 is 0. The highest BCUT2D eigenvalue weighted by atomic mass is 32.2. The first-order chi connectivity index (χ1) is 19.2. The summed E-state index contributed by atoms with van der Waals surface area (Å²) in [5.41, 5.74) is 2.14. The lowest BCUT2D eigenvalue weighted by Gasteiger charge is -2.32. The first-order valence-corrected chi connectivity index (χ1v) is 14.7. The zero-order valence-corrected chi connectivity index (χ0v) is 23.8. The Hall–Kier alpha value is -4.05. The van der Waals surface area contributed by atoms with Crippen LogP contribution in [-0.2, 0) is 26.2 Å². The van der Waals surface area contributed by atoms with Crippen LogP contribution in [0, 0.1) is 6.92 Å². The second kappa shape index (κ2) is 12.9. The number of fused-ring (bicyclic) bond motifs is 1. The van der Waals surface area contributed by atoms with Gasteiger partial charge in [-0.05, 0) is 50.1 Å². The molecule has 1 heterocycles. The highest BCUT2D eigenvalue weighted by Crippen LogP contribution is 2.36. The lowest BCUT2D eigenvalue weighted by Crippen LogP contribution is -2.51. The van der Waals surface area contributed by atoms with Gasteiger partial charge in [0.25, 0.3) is 10.0 Å². The molecular formula is C30H35N3O6S. The van der Waals surface area contributed by atoms with Crippen molar-refractivity contribution in [3.8, 4) is 11.5 Å². The summed E-state index contributed by atoms with van der Waals surface area (Å²) in [6, 6.07) is 19.5. The molecule has 4 rings (SSSR count). The zero-order chi connectivity index (χ0) is 28.7. The topological polar surface area (TPSA) is 105 Å². The molecule has 0 saturated heterocycles. The summed E-state index contributed by atoms with van der Waals surface area (Å²) in [6.45, 7) is 6.37. The van der Waals surface area contributed by atoms with E-state index in [2.05, 4.69) is 5.32 Å². The van der Waals surface area contributed by atoms with Crippen LogP contribution in [0.1, 0.15) is 31.4 Å². The predicted octanol–water partition coefficient (Wildman–Crippen LogP) is 3.91. The Morgan fingerprint density at radius 1 is 0.950 bits per heavy atom. The maximum atomic E-state index is 14.0. The molecule has 3 aromatic rings. The maximum absolute atomic E-state index is 14.0. The highest BCUT2D eigenvalue weighted by molar-refractivity contribution is 7.92. The third-order valence-electron chi connectivity index (χ3n) is 6.61. The number of nitrogens with one attached hydrogen (secondary N) is 1. The van der Waals surface area contributed by atoms with Crippen LogP contribution in [0.15, 0.2) is 77.7 Å². The van der Waals surface area contributed by atoms with E-state index >= 15 is 0 Å². The van der Waals surface area contributed by atoms with Crippen LogP contribution in [0.4, 0.5) is 5.69 Å². The van der Waals surface area contributed by atoms with Gasteiger partial charge in [-0.15, -0.1) is 0 Å². The van der Waals surface area contributed by atoms with Gasteiger partial charge in [-0.1, -0.05) is 55.0 Å².